The van der Waals surface area contributed by atoms with E-state index in [0.717, 1.165) is 34.7 Å². The van der Waals surface area contributed by atoms with Crippen LogP contribution in [-0.4, -0.2) is 25.9 Å². The maximum atomic E-state index is 13.1. The van der Waals surface area contributed by atoms with Crippen LogP contribution in [0.5, 0.6) is 5.75 Å². The molecule has 1 aliphatic carbocycles. The van der Waals surface area contributed by atoms with E-state index in [1.807, 2.05) is 74.0 Å². The zero-order valence-corrected chi connectivity index (χ0v) is 16.9. The van der Waals surface area contributed by atoms with Crippen LogP contribution in [0.2, 0.25) is 0 Å². The number of hydrogen-bond donors (Lipinski definition) is 1. The number of imidazole rings is 1. The van der Waals surface area contributed by atoms with Gasteiger partial charge in [-0.3, -0.25) is 14.2 Å². The summed E-state index contributed by atoms with van der Waals surface area (Å²) < 4.78 is 9.33. The fraction of sp³-hybridized carbons (Fsp3) is 0.250. The zero-order chi connectivity index (χ0) is 20.5. The Kier molecular flexibility index (Phi) is 4.75. The van der Waals surface area contributed by atoms with E-state index in [2.05, 4.69) is 10.2 Å². The zero-order valence-electron chi connectivity index (χ0n) is 16.9. The van der Waals surface area contributed by atoms with Crippen LogP contribution in [0.4, 0.5) is 0 Å². The predicted molar refractivity (Wildman–Crippen MR) is 116 cm³/mol. The van der Waals surface area contributed by atoms with Crippen LogP contribution < -0.4 is 10.4 Å². The summed E-state index contributed by atoms with van der Waals surface area (Å²) in [5.74, 6) is 1.58. The molecule has 1 N–H and O–H groups in total. The highest BCUT2D eigenvalue weighted by Gasteiger charge is 2.22. The number of nitrogens with zero attached hydrogens (tertiary/aromatic N) is 3. The van der Waals surface area contributed by atoms with Crippen LogP contribution in [0, 0.1) is 5.92 Å². The molecular formula is C24H24N4O2. The molecule has 0 spiro atoms. The van der Waals surface area contributed by atoms with Crippen molar-refractivity contribution in [2.75, 3.05) is 6.61 Å². The van der Waals surface area contributed by atoms with E-state index in [1.54, 1.807) is 15.3 Å². The average molecular weight is 400 g/mol. The smallest absolute Gasteiger partial charge is 0.333 e. The Labute approximate surface area is 174 Å². The van der Waals surface area contributed by atoms with Crippen molar-refractivity contribution in [3.8, 4) is 22.6 Å². The van der Waals surface area contributed by atoms with Crippen LogP contribution in [0.1, 0.15) is 31.4 Å². The fourth-order valence-corrected chi connectivity index (χ4v) is 3.63. The summed E-state index contributed by atoms with van der Waals surface area (Å²) >= 11 is 0. The lowest BCUT2D eigenvalue weighted by Gasteiger charge is -2.14. The molecule has 0 aliphatic heterocycles. The van der Waals surface area contributed by atoms with Crippen molar-refractivity contribution >= 4 is 0 Å². The minimum absolute atomic E-state index is 0.0668. The second-order valence-electron chi connectivity index (χ2n) is 7.89. The topological polar surface area (TPSA) is 64.8 Å². The SMILES string of the molecule is CC(c1cccc(OCC2CC2)c1)n1ccn(-c2ccc(-c3cn[nH]c3)cc2)c1=O. The van der Waals surface area contributed by atoms with Gasteiger partial charge in [-0.1, -0.05) is 24.3 Å². The van der Waals surface area contributed by atoms with Gasteiger partial charge in [-0.15, -0.1) is 0 Å². The highest BCUT2D eigenvalue weighted by atomic mass is 16.5. The van der Waals surface area contributed by atoms with E-state index in [9.17, 15) is 4.79 Å². The molecule has 6 heteroatoms. The lowest BCUT2D eigenvalue weighted by molar-refractivity contribution is 0.299. The normalized spacial score (nSPS) is 14.6. The Morgan fingerprint density at radius 3 is 2.70 bits per heavy atom. The van der Waals surface area contributed by atoms with E-state index in [4.69, 9.17) is 4.74 Å². The van der Waals surface area contributed by atoms with Gasteiger partial charge >= 0.3 is 5.69 Å². The Bertz CT molecular complexity index is 1180. The van der Waals surface area contributed by atoms with Crippen LogP contribution >= 0.6 is 0 Å². The summed E-state index contributed by atoms with van der Waals surface area (Å²) in [7, 11) is 0. The Hall–Kier alpha value is -3.54. The first kappa shape index (κ1) is 18.5. The molecule has 2 aromatic carbocycles. The second kappa shape index (κ2) is 7.71. The number of aromatic amines is 1. The molecule has 1 unspecified atom stereocenters. The number of rotatable bonds is 7. The maximum absolute atomic E-state index is 13.1. The summed E-state index contributed by atoms with van der Waals surface area (Å²) in [6.45, 7) is 2.82. The van der Waals surface area contributed by atoms with Gasteiger partial charge in [0.25, 0.3) is 0 Å². The lowest BCUT2D eigenvalue weighted by atomic mass is 10.1. The summed E-state index contributed by atoms with van der Waals surface area (Å²) in [5, 5.41) is 6.80. The first-order chi connectivity index (χ1) is 14.7. The molecule has 2 heterocycles. The third-order valence-electron chi connectivity index (χ3n) is 5.72. The molecule has 1 atom stereocenters. The molecule has 30 heavy (non-hydrogen) atoms. The van der Waals surface area contributed by atoms with Crippen molar-refractivity contribution in [2.24, 2.45) is 5.92 Å². The van der Waals surface area contributed by atoms with Gasteiger partial charge in [-0.05, 0) is 61.1 Å². The fourth-order valence-electron chi connectivity index (χ4n) is 3.63. The number of ether oxygens (including phenoxy) is 1. The van der Waals surface area contributed by atoms with Crippen LogP contribution in [0.3, 0.4) is 0 Å². The van der Waals surface area contributed by atoms with Gasteiger partial charge in [0.2, 0.25) is 0 Å². The van der Waals surface area contributed by atoms with Gasteiger partial charge in [-0.2, -0.15) is 5.10 Å². The van der Waals surface area contributed by atoms with E-state index in [1.165, 1.54) is 12.8 Å². The Balaban J connectivity index is 1.37. The molecule has 4 aromatic rings. The molecule has 0 radical (unpaired) electrons. The van der Waals surface area contributed by atoms with Gasteiger partial charge in [0, 0.05) is 24.2 Å². The van der Waals surface area contributed by atoms with Gasteiger partial charge in [0.1, 0.15) is 5.75 Å². The molecule has 0 bridgehead atoms. The van der Waals surface area contributed by atoms with Crippen molar-refractivity contribution in [1.82, 2.24) is 19.3 Å². The third-order valence-corrected chi connectivity index (χ3v) is 5.72. The van der Waals surface area contributed by atoms with E-state index < -0.39 is 0 Å². The van der Waals surface area contributed by atoms with Gasteiger partial charge < -0.3 is 4.74 Å². The average Bonchev–Trinajstić information content (AvgIpc) is 3.29. The standard InChI is InChI=1S/C24H24N4O2/c1-17(20-3-2-4-23(13-20)30-16-18-5-6-18)27-11-12-28(24(27)29)22-9-7-19(8-10-22)21-14-25-26-15-21/h2-4,7-15,17-18H,5-6,16H2,1H3,(H,25,26). The van der Waals surface area contributed by atoms with Gasteiger partial charge in [0.15, 0.2) is 0 Å². The van der Waals surface area contributed by atoms with Crippen LogP contribution in [0.25, 0.3) is 16.8 Å². The number of hydrogen-bond acceptors (Lipinski definition) is 3. The summed E-state index contributed by atoms with van der Waals surface area (Å²) in [4.78, 5) is 13.1. The van der Waals surface area contributed by atoms with Gasteiger partial charge in [-0.25, -0.2) is 4.79 Å². The molecule has 1 aliphatic rings. The molecule has 6 nitrogen and oxygen atoms in total. The molecular weight excluding hydrogens is 376 g/mol. The Morgan fingerprint density at radius 1 is 1.13 bits per heavy atom. The predicted octanol–water partition coefficient (Wildman–Crippen LogP) is 4.43. The molecule has 1 saturated carbocycles. The summed E-state index contributed by atoms with van der Waals surface area (Å²) in [5.41, 5.74) is 3.89. The monoisotopic (exact) mass is 400 g/mol. The largest absolute Gasteiger partial charge is 0.493 e. The molecule has 5 rings (SSSR count). The molecule has 0 saturated heterocycles. The second-order valence-corrected chi connectivity index (χ2v) is 7.89. The first-order valence-electron chi connectivity index (χ1n) is 10.3. The minimum atomic E-state index is -0.0894. The number of aromatic nitrogens is 4. The number of H-pyrrole nitrogens is 1. The first-order valence-corrected chi connectivity index (χ1v) is 10.3. The number of benzene rings is 2. The van der Waals surface area contributed by atoms with E-state index >= 15 is 0 Å². The minimum Gasteiger partial charge on any atom is -0.493 e. The van der Waals surface area contributed by atoms with Crippen LogP contribution in [-0.2, 0) is 0 Å². The highest BCUT2D eigenvalue weighted by molar-refractivity contribution is 5.62. The van der Waals surface area contributed by atoms with E-state index in [0.29, 0.717) is 5.92 Å². The van der Waals surface area contributed by atoms with Crippen molar-refractivity contribution < 1.29 is 4.74 Å². The van der Waals surface area contributed by atoms with Gasteiger partial charge in [0.05, 0.1) is 24.5 Å². The molecule has 152 valence electrons. The molecule has 0 amide bonds. The van der Waals surface area contributed by atoms with E-state index in [-0.39, 0.29) is 11.7 Å². The highest BCUT2D eigenvalue weighted by Crippen LogP contribution is 2.30. The third kappa shape index (κ3) is 3.68. The maximum Gasteiger partial charge on any atom is 0.333 e. The van der Waals surface area contributed by atoms with Crippen molar-refractivity contribution in [3.05, 3.63) is 89.4 Å². The molecule has 2 aromatic heterocycles. The quantitative estimate of drug-likeness (QED) is 0.499. The van der Waals surface area contributed by atoms with Crippen LogP contribution in [0.15, 0.2) is 78.1 Å². The van der Waals surface area contributed by atoms with Crippen molar-refractivity contribution in [3.63, 3.8) is 0 Å². The van der Waals surface area contributed by atoms with Crippen molar-refractivity contribution in [2.45, 2.75) is 25.8 Å². The summed E-state index contributed by atoms with van der Waals surface area (Å²) in [6.07, 6.45) is 9.82. The Morgan fingerprint density at radius 2 is 1.97 bits per heavy atom. The van der Waals surface area contributed by atoms with Crippen molar-refractivity contribution in [1.29, 1.82) is 0 Å². The molecule has 1 fully saturated rings. The lowest BCUT2D eigenvalue weighted by Crippen LogP contribution is -2.25. The summed E-state index contributed by atoms with van der Waals surface area (Å²) in [6, 6.07) is 15.8. The number of nitrogens with one attached hydrogen (secondary N) is 1.